The van der Waals surface area contributed by atoms with Crippen molar-refractivity contribution in [2.75, 3.05) is 109 Å². The van der Waals surface area contributed by atoms with Crippen molar-refractivity contribution in [3.05, 3.63) is 54.0 Å². The number of carbonyl (C=O) groups is 3. The SMILES string of the molecule is C=C([C@H]1NC(=O)[C@@H](N2CCCCCN(C=O)C2)C(C)C2C(CC23CCC3)[C@@H]1CCN(CCO)c1ccc2c(c1)c(CC(C)(C)COC=O)c(-c1cc(N3CCN(C)CC3)cnc1[C@H](C)OC)n2CC)N1CCCCN1. The Morgan fingerprint density at radius 2 is 1.80 bits per heavy atom. The van der Waals surface area contributed by atoms with Gasteiger partial charge in [-0.15, -0.1) is 0 Å². The minimum Gasteiger partial charge on any atom is -0.467 e. The number of piperazine rings is 1. The number of carbonyl (C=O) groups excluding carboxylic acids is 3. The first kappa shape index (κ1) is 55.0. The average Bonchev–Trinajstić information content (AvgIpc) is 3.71. The molecule has 0 bridgehead atoms. The number of nitrogens with one attached hydrogen (secondary N) is 2. The summed E-state index contributed by atoms with van der Waals surface area (Å²) in [6.45, 7) is 25.9. The molecule has 1 spiro atoms. The van der Waals surface area contributed by atoms with Crippen molar-refractivity contribution in [3.63, 3.8) is 0 Å². The van der Waals surface area contributed by atoms with Crippen LogP contribution < -0.4 is 20.5 Å². The highest BCUT2D eigenvalue weighted by Crippen LogP contribution is 2.68. The van der Waals surface area contributed by atoms with E-state index in [4.69, 9.17) is 21.0 Å². The van der Waals surface area contributed by atoms with E-state index < -0.39 is 5.41 Å². The normalized spacial score (nSPS) is 26.2. The number of aliphatic hydroxyl groups is 1. The van der Waals surface area contributed by atoms with Crippen LogP contribution in [0.15, 0.2) is 42.7 Å². The number of nitrogens with zero attached hydrogens (tertiary/aromatic N) is 8. The number of fused-ring (bicyclic) bond motifs is 3. The van der Waals surface area contributed by atoms with Crippen LogP contribution in [-0.2, 0) is 36.8 Å². The maximum atomic E-state index is 15.3. The van der Waals surface area contributed by atoms with Crippen molar-refractivity contribution in [2.45, 2.75) is 130 Å². The lowest BCUT2D eigenvalue weighted by Crippen LogP contribution is -2.69. The van der Waals surface area contributed by atoms with Crippen molar-refractivity contribution in [1.82, 2.24) is 40.0 Å². The number of rotatable bonds is 20. The van der Waals surface area contributed by atoms with Gasteiger partial charge in [-0.25, -0.2) is 5.43 Å². The van der Waals surface area contributed by atoms with Crippen molar-refractivity contribution in [1.29, 1.82) is 0 Å². The van der Waals surface area contributed by atoms with E-state index in [-0.39, 0.29) is 54.6 Å². The number of hydrogen-bond acceptors (Lipinski definition) is 13. The lowest BCUT2D eigenvalue weighted by Gasteiger charge is -2.67. The summed E-state index contributed by atoms with van der Waals surface area (Å²) in [6, 6.07) is 8.48. The van der Waals surface area contributed by atoms with Gasteiger partial charge in [-0.1, -0.05) is 40.2 Å². The number of anilines is 2. The zero-order valence-corrected chi connectivity index (χ0v) is 46.5. The summed E-state index contributed by atoms with van der Waals surface area (Å²) in [7, 11) is 3.92. The van der Waals surface area contributed by atoms with Crippen LogP contribution in [0.3, 0.4) is 0 Å². The van der Waals surface area contributed by atoms with Crippen LogP contribution in [0.5, 0.6) is 0 Å². The van der Waals surface area contributed by atoms with E-state index in [2.05, 4.69) is 106 Å². The molecule has 3 N–H and O–H groups in total. The van der Waals surface area contributed by atoms with Gasteiger partial charge in [0.05, 0.1) is 61.3 Å². The van der Waals surface area contributed by atoms with Gasteiger partial charge in [0.15, 0.2) is 0 Å². The Morgan fingerprint density at radius 3 is 2.48 bits per heavy atom. The van der Waals surface area contributed by atoms with E-state index in [1.54, 1.807) is 7.11 Å². The standard InChI is InChI=1S/C59H90N10O6/c1-9-68-51-17-16-44(32-47(51)50(34-58(5,6)37-75-40-72)56(68)48-33-45(36-60-54(48)43(4)74-8)66-28-26-63(7)27-29-66)65(30-31-70)25-18-46-49-35-59(19-15-20-59)52(49)41(2)55(67-23-13-10-12-22-64(38-67)39-71)57(73)62-53(46)42(3)69-24-14-11-21-61-69/h16-17,32-33,36,39-41,43,46,49,52-53,55,61,70H,3,9-15,18-31,34-35,37-38H2,1-2,4-8H3,(H,62,73)/t41?,43-,46-,49?,52?,53+,55-/m0/s1. The van der Waals surface area contributed by atoms with Gasteiger partial charge in [0.2, 0.25) is 12.3 Å². The summed E-state index contributed by atoms with van der Waals surface area (Å²) < 4.78 is 14.0. The molecule has 16 nitrogen and oxygen atoms in total. The molecule has 2 aromatic heterocycles. The lowest BCUT2D eigenvalue weighted by atomic mass is 9.39. The second kappa shape index (κ2) is 23.9. The Bertz CT molecular complexity index is 2460. The molecule has 2 aliphatic carbocycles. The van der Waals surface area contributed by atoms with Gasteiger partial charge >= 0.3 is 0 Å². The molecular formula is C59H90N10O6. The fourth-order valence-corrected chi connectivity index (χ4v) is 14.7. The van der Waals surface area contributed by atoms with E-state index in [0.29, 0.717) is 44.5 Å². The molecule has 7 atom stereocenters. The Kier molecular flexibility index (Phi) is 17.5. The van der Waals surface area contributed by atoms with Crippen molar-refractivity contribution < 1.29 is 29.0 Å². The third-order valence-corrected chi connectivity index (χ3v) is 18.8. The minimum absolute atomic E-state index is 0.0119. The van der Waals surface area contributed by atoms with Crippen LogP contribution >= 0.6 is 0 Å². The molecule has 3 aromatic rings. The average molecular weight is 1040 g/mol. The number of aliphatic hydroxyl groups excluding tert-OH is 1. The predicted molar refractivity (Wildman–Crippen MR) is 297 cm³/mol. The maximum absolute atomic E-state index is 15.3. The van der Waals surface area contributed by atoms with Crippen molar-refractivity contribution in [2.24, 2.45) is 34.5 Å². The molecule has 4 aliphatic heterocycles. The fourth-order valence-electron chi connectivity index (χ4n) is 14.7. The van der Waals surface area contributed by atoms with Crippen LogP contribution in [0.2, 0.25) is 0 Å². The quantitative estimate of drug-likeness (QED) is 0.0993. The Hall–Kier alpha value is -4.74. The van der Waals surface area contributed by atoms with Gasteiger partial charge in [0.25, 0.3) is 6.47 Å². The highest BCUT2D eigenvalue weighted by molar-refractivity contribution is 5.95. The van der Waals surface area contributed by atoms with Crippen LogP contribution in [0, 0.1) is 34.5 Å². The summed E-state index contributed by atoms with van der Waals surface area (Å²) >= 11 is 0. The molecule has 2 saturated carbocycles. The lowest BCUT2D eigenvalue weighted by molar-refractivity contribution is -0.181. The number of likely N-dealkylation sites (N-methyl/N-ethyl adjacent to an activating group) is 1. The molecule has 6 fully saturated rings. The van der Waals surface area contributed by atoms with Gasteiger partial charge in [-0.2, -0.15) is 0 Å². The maximum Gasteiger partial charge on any atom is 0.293 e. The number of aromatic nitrogens is 2. The Morgan fingerprint density at radius 1 is 1.03 bits per heavy atom. The summed E-state index contributed by atoms with van der Waals surface area (Å²) in [6.07, 6.45) is 14.1. The summed E-state index contributed by atoms with van der Waals surface area (Å²) in [4.78, 5) is 55.9. The number of pyridine rings is 1. The molecule has 75 heavy (non-hydrogen) atoms. The third kappa shape index (κ3) is 11.3. The van der Waals surface area contributed by atoms with Gasteiger partial charge in [-0.05, 0) is 138 Å². The van der Waals surface area contributed by atoms with Gasteiger partial charge in [-0.3, -0.25) is 24.3 Å². The topological polar surface area (TPSA) is 151 Å². The third-order valence-electron chi connectivity index (χ3n) is 18.8. The summed E-state index contributed by atoms with van der Waals surface area (Å²) in [5.41, 5.74) is 11.8. The number of amides is 2. The van der Waals surface area contributed by atoms with Crippen LogP contribution in [-0.4, -0.2) is 165 Å². The molecule has 1 aromatic carbocycles. The molecule has 6 heterocycles. The highest BCUT2D eigenvalue weighted by atomic mass is 16.5. The molecule has 2 amide bonds. The molecule has 4 saturated heterocycles. The number of benzene rings is 1. The van der Waals surface area contributed by atoms with Crippen molar-refractivity contribution >= 4 is 41.1 Å². The van der Waals surface area contributed by atoms with E-state index in [9.17, 15) is 14.7 Å². The number of methoxy groups -OCH3 is 1. The number of hydrogen-bond donors (Lipinski definition) is 3. The number of aryl methyl sites for hydroxylation is 1. The van der Waals surface area contributed by atoms with Crippen molar-refractivity contribution in [3.8, 4) is 11.3 Å². The smallest absolute Gasteiger partial charge is 0.293 e. The second-order valence-electron chi connectivity index (χ2n) is 24.1. The van der Waals surface area contributed by atoms with Crippen LogP contribution in [0.25, 0.3) is 22.2 Å². The highest BCUT2D eigenvalue weighted by Gasteiger charge is 2.63. The monoisotopic (exact) mass is 1030 g/mol. The minimum atomic E-state index is -0.407. The van der Waals surface area contributed by atoms with E-state index in [1.807, 2.05) is 11.1 Å². The van der Waals surface area contributed by atoms with Gasteiger partial charge < -0.3 is 49.1 Å². The van der Waals surface area contributed by atoms with E-state index >= 15 is 4.79 Å². The summed E-state index contributed by atoms with van der Waals surface area (Å²) in [5, 5.41) is 17.9. The molecule has 16 heteroatoms. The number of hydrazine groups is 1. The first-order valence-corrected chi connectivity index (χ1v) is 28.7. The molecule has 9 rings (SSSR count). The van der Waals surface area contributed by atoms with Crippen LogP contribution in [0.1, 0.15) is 116 Å². The first-order valence-electron chi connectivity index (χ1n) is 28.7. The molecule has 412 valence electrons. The first-order chi connectivity index (χ1) is 36.2. The summed E-state index contributed by atoms with van der Waals surface area (Å²) in [5.74, 6) is 1.01. The molecular weight excluding hydrogens is 945 g/mol. The second-order valence-corrected chi connectivity index (χ2v) is 24.1. The van der Waals surface area contributed by atoms with Gasteiger partial charge in [0.1, 0.15) is 0 Å². The molecule has 0 radical (unpaired) electrons. The largest absolute Gasteiger partial charge is 0.467 e. The Labute approximate surface area is 447 Å². The molecule has 3 unspecified atom stereocenters. The Balaban J connectivity index is 1.11. The fraction of sp³-hybridized carbons (Fsp3) is 0.695. The molecule has 6 aliphatic rings. The van der Waals surface area contributed by atoms with E-state index in [0.717, 1.165) is 161 Å². The predicted octanol–water partition coefficient (Wildman–Crippen LogP) is 7.05. The van der Waals surface area contributed by atoms with Crippen LogP contribution in [0.4, 0.5) is 11.4 Å². The zero-order valence-electron chi connectivity index (χ0n) is 46.5. The zero-order chi connectivity index (χ0) is 53.0. The van der Waals surface area contributed by atoms with Gasteiger partial charge in [0, 0.05) is 112 Å². The van der Waals surface area contributed by atoms with E-state index in [1.165, 1.54) is 19.3 Å². The number of ether oxygens (including phenoxy) is 2.